The van der Waals surface area contributed by atoms with Crippen LogP contribution in [0.3, 0.4) is 0 Å². The molecule has 1 aromatic carbocycles. The lowest BCUT2D eigenvalue weighted by molar-refractivity contribution is 0.407. The lowest BCUT2D eigenvalue weighted by Crippen LogP contribution is -2.33. The highest BCUT2D eigenvalue weighted by Crippen LogP contribution is 2.33. The summed E-state index contributed by atoms with van der Waals surface area (Å²) in [6.45, 7) is 0.554. The predicted molar refractivity (Wildman–Crippen MR) is 67.0 cm³/mol. The van der Waals surface area contributed by atoms with Crippen LogP contribution < -0.4 is 16.0 Å². The van der Waals surface area contributed by atoms with Crippen LogP contribution in [-0.4, -0.2) is 16.7 Å². The molecule has 1 aliphatic heterocycles. The molecule has 1 N–H and O–H groups in total. The average molecular weight is 244 g/mol. The second kappa shape index (κ2) is 3.87. The van der Waals surface area contributed by atoms with E-state index < -0.39 is 0 Å². The van der Waals surface area contributed by atoms with E-state index in [0.29, 0.717) is 12.2 Å². The topological polar surface area (TPSA) is 64.1 Å². The van der Waals surface area contributed by atoms with Crippen LogP contribution >= 0.6 is 0 Å². The number of benzene rings is 1. The first kappa shape index (κ1) is 10.8. The number of rotatable bonds is 1. The Balaban J connectivity index is 2.36. The minimum absolute atomic E-state index is 0.356. The molecule has 0 spiro atoms. The van der Waals surface area contributed by atoms with Crippen LogP contribution in [0.2, 0.25) is 0 Å². The van der Waals surface area contributed by atoms with Crippen LogP contribution in [0.25, 0.3) is 11.3 Å². The zero-order valence-electron chi connectivity index (χ0n) is 9.90. The summed E-state index contributed by atoms with van der Waals surface area (Å²) in [6, 6.07) is 7.11. The van der Waals surface area contributed by atoms with Crippen molar-refractivity contribution < 1.29 is 4.74 Å². The molecule has 0 unspecified atom stereocenters. The van der Waals surface area contributed by atoms with E-state index in [9.17, 15) is 9.59 Å². The third-order valence-corrected chi connectivity index (χ3v) is 3.25. The molecule has 0 atom stereocenters. The largest absolute Gasteiger partial charge is 0.496 e. The molecule has 1 aromatic heterocycles. The summed E-state index contributed by atoms with van der Waals surface area (Å²) in [4.78, 5) is 25.4. The van der Waals surface area contributed by atoms with E-state index in [0.717, 1.165) is 23.3 Å². The molecule has 2 aromatic rings. The van der Waals surface area contributed by atoms with Crippen molar-refractivity contribution in [2.24, 2.45) is 0 Å². The van der Waals surface area contributed by atoms with E-state index >= 15 is 0 Å². The molecule has 0 aliphatic carbocycles. The monoisotopic (exact) mass is 244 g/mol. The van der Waals surface area contributed by atoms with Gasteiger partial charge in [0.2, 0.25) is 0 Å². The number of hydrogen-bond acceptors (Lipinski definition) is 3. The molecule has 1 aliphatic rings. The van der Waals surface area contributed by atoms with Crippen molar-refractivity contribution in [3.8, 4) is 17.0 Å². The van der Waals surface area contributed by atoms with Gasteiger partial charge in [0, 0.05) is 23.7 Å². The molecule has 0 saturated carbocycles. The number of H-pyrrole nitrogens is 1. The fourth-order valence-corrected chi connectivity index (χ4v) is 2.44. The van der Waals surface area contributed by atoms with E-state index in [1.807, 2.05) is 18.2 Å². The zero-order valence-corrected chi connectivity index (χ0v) is 9.90. The summed E-state index contributed by atoms with van der Waals surface area (Å²) >= 11 is 0. The van der Waals surface area contributed by atoms with Gasteiger partial charge in [0.05, 0.1) is 12.8 Å². The van der Waals surface area contributed by atoms with Crippen LogP contribution in [0.1, 0.15) is 5.56 Å². The maximum absolute atomic E-state index is 11.7. The van der Waals surface area contributed by atoms with Gasteiger partial charge in [-0.2, -0.15) is 0 Å². The molecule has 92 valence electrons. The second-order valence-electron chi connectivity index (χ2n) is 4.21. The summed E-state index contributed by atoms with van der Waals surface area (Å²) in [7, 11) is 1.62. The van der Waals surface area contributed by atoms with Crippen molar-refractivity contribution in [2.75, 3.05) is 7.11 Å². The van der Waals surface area contributed by atoms with E-state index in [1.165, 1.54) is 6.07 Å². The van der Waals surface area contributed by atoms with Crippen molar-refractivity contribution in [3.63, 3.8) is 0 Å². The number of aromatic amines is 1. The van der Waals surface area contributed by atoms with E-state index in [1.54, 1.807) is 11.7 Å². The molecule has 5 nitrogen and oxygen atoms in total. The van der Waals surface area contributed by atoms with E-state index in [-0.39, 0.29) is 11.2 Å². The van der Waals surface area contributed by atoms with Crippen LogP contribution in [0.4, 0.5) is 0 Å². The molecule has 5 heteroatoms. The third-order valence-electron chi connectivity index (χ3n) is 3.25. The van der Waals surface area contributed by atoms with Crippen molar-refractivity contribution in [3.05, 3.63) is 50.7 Å². The lowest BCUT2D eigenvalue weighted by Gasteiger charge is -2.22. The molecular weight excluding hydrogens is 232 g/mol. The highest BCUT2D eigenvalue weighted by molar-refractivity contribution is 5.68. The van der Waals surface area contributed by atoms with Gasteiger partial charge < -0.3 is 4.74 Å². The number of hydrogen-bond donors (Lipinski definition) is 1. The molecule has 0 bridgehead atoms. The van der Waals surface area contributed by atoms with Gasteiger partial charge in [-0.3, -0.25) is 14.3 Å². The standard InChI is InChI=1S/C13H12N2O3/c1-18-11-4-2-3-8-9(11)5-6-15-10(8)7-12(16)14-13(15)17/h2-4,7H,5-6H2,1H3,(H,14,16,17). The first-order chi connectivity index (χ1) is 8.70. The maximum Gasteiger partial charge on any atom is 0.328 e. The van der Waals surface area contributed by atoms with Gasteiger partial charge in [0.1, 0.15) is 5.75 Å². The summed E-state index contributed by atoms with van der Waals surface area (Å²) in [5, 5.41) is 0. The zero-order chi connectivity index (χ0) is 12.7. The van der Waals surface area contributed by atoms with Crippen molar-refractivity contribution in [1.82, 2.24) is 9.55 Å². The van der Waals surface area contributed by atoms with Gasteiger partial charge >= 0.3 is 5.69 Å². The molecule has 0 fully saturated rings. The van der Waals surface area contributed by atoms with Crippen LogP contribution in [0.5, 0.6) is 5.75 Å². The van der Waals surface area contributed by atoms with Crippen molar-refractivity contribution >= 4 is 0 Å². The Kier molecular flexibility index (Phi) is 2.33. The predicted octanol–water partition coefficient (Wildman–Crippen LogP) is 0.768. The molecule has 2 heterocycles. The van der Waals surface area contributed by atoms with Crippen molar-refractivity contribution in [1.29, 1.82) is 0 Å². The fraction of sp³-hybridized carbons (Fsp3) is 0.231. The van der Waals surface area contributed by atoms with Gasteiger partial charge in [0.25, 0.3) is 5.56 Å². The Labute approximate surface area is 103 Å². The van der Waals surface area contributed by atoms with Crippen LogP contribution in [-0.2, 0) is 13.0 Å². The van der Waals surface area contributed by atoms with Gasteiger partial charge in [-0.05, 0) is 12.5 Å². The van der Waals surface area contributed by atoms with Gasteiger partial charge in [-0.15, -0.1) is 0 Å². The Morgan fingerprint density at radius 3 is 2.94 bits per heavy atom. The number of nitrogens with zero attached hydrogens (tertiary/aromatic N) is 1. The number of methoxy groups -OCH3 is 1. The number of nitrogens with one attached hydrogen (secondary N) is 1. The van der Waals surface area contributed by atoms with E-state index in [2.05, 4.69) is 4.98 Å². The molecule has 18 heavy (non-hydrogen) atoms. The van der Waals surface area contributed by atoms with Gasteiger partial charge in [0.15, 0.2) is 0 Å². The quantitative estimate of drug-likeness (QED) is 0.805. The summed E-state index contributed by atoms with van der Waals surface area (Å²) in [5.41, 5.74) is 1.87. The maximum atomic E-state index is 11.7. The van der Waals surface area contributed by atoms with Crippen molar-refractivity contribution in [2.45, 2.75) is 13.0 Å². The average Bonchev–Trinajstić information content (AvgIpc) is 2.37. The minimum atomic E-state index is -0.373. The smallest absolute Gasteiger partial charge is 0.328 e. The molecule has 3 rings (SSSR count). The molecule has 0 saturated heterocycles. The second-order valence-corrected chi connectivity index (χ2v) is 4.21. The summed E-state index contributed by atoms with van der Waals surface area (Å²) in [6.07, 6.45) is 0.721. The fourth-order valence-electron chi connectivity index (χ4n) is 2.44. The Hall–Kier alpha value is -2.30. The highest BCUT2D eigenvalue weighted by Gasteiger charge is 2.20. The first-order valence-corrected chi connectivity index (χ1v) is 5.71. The summed E-state index contributed by atoms with van der Waals surface area (Å²) in [5.74, 6) is 0.798. The van der Waals surface area contributed by atoms with Crippen LogP contribution in [0.15, 0.2) is 33.9 Å². The Morgan fingerprint density at radius 2 is 2.17 bits per heavy atom. The van der Waals surface area contributed by atoms with Crippen LogP contribution in [0, 0.1) is 0 Å². The number of fused-ring (bicyclic) bond motifs is 3. The first-order valence-electron chi connectivity index (χ1n) is 5.71. The summed E-state index contributed by atoms with van der Waals surface area (Å²) < 4.78 is 6.90. The third kappa shape index (κ3) is 1.48. The molecular formula is C13H12N2O3. The Morgan fingerprint density at radius 1 is 1.33 bits per heavy atom. The SMILES string of the molecule is COc1cccc2c1CCn1c-2cc(=O)[nH]c1=O. The van der Waals surface area contributed by atoms with Gasteiger partial charge in [-0.1, -0.05) is 12.1 Å². The molecule has 0 amide bonds. The minimum Gasteiger partial charge on any atom is -0.496 e. The lowest BCUT2D eigenvalue weighted by atomic mass is 9.97. The number of ether oxygens (including phenoxy) is 1. The molecule has 0 radical (unpaired) electrons. The number of aromatic nitrogens is 2. The van der Waals surface area contributed by atoms with E-state index in [4.69, 9.17) is 4.74 Å². The Bertz CT molecular complexity index is 728. The van der Waals surface area contributed by atoms with Gasteiger partial charge in [-0.25, -0.2) is 4.79 Å². The normalized spacial score (nSPS) is 12.7. The highest BCUT2D eigenvalue weighted by atomic mass is 16.5.